The Morgan fingerprint density at radius 1 is 1.20 bits per heavy atom. The van der Waals surface area contributed by atoms with Gasteiger partial charge in [-0.25, -0.2) is 5.48 Å². The fourth-order valence-corrected chi connectivity index (χ4v) is 1.48. The van der Waals surface area contributed by atoms with E-state index in [9.17, 15) is 0 Å². The van der Waals surface area contributed by atoms with E-state index in [1.165, 1.54) is 0 Å². The SMILES string of the molecule is ONCC1CCC(O)CC1. The molecule has 1 aliphatic carbocycles. The molecular weight excluding hydrogens is 130 g/mol. The van der Waals surface area contributed by atoms with Crippen LogP contribution in [-0.4, -0.2) is 23.0 Å². The van der Waals surface area contributed by atoms with Gasteiger partial charge >= 0.3 is 0 Å². The lowest BCUT2D eigenvalue weighted by atomic mass is 9.88. The summed E-state index contributed by atoms with van der Waals surface area (Å²) in [5.74, 6) is 0.563. The average molecular weight is 145 g/mol. The summed E-state index contributed by atoms with van der Waals surface area (Å²) in [5, 5.41) is 17.5. The molecule has 0 atom stereocenters. The molecule has 1 saturated carbocycles. The first-order chi connectivity index (χ1) is 4.83. The van der Waals surface area contributed by atoms with Crippen molar-refractivity contribution in [2.24, 2.45) is 5.92 Å². The Hall–Kier alpha value is -0.120. The maximum atomic E-state index is 9.11. The maximum Gasteiger partial charge on any atom is 0.0540 e. The molecule has 1 rings (SSSR count). The highest BCUT2D eigenvalue weighted by Gasteiger charge is 2.18. The van der Waals surface area contributed by atoms with Gasteiger partial charge in [-0.1, -0.05) is 0 Å². The number of rotatable bonds is 2. The number of hydrogen-bond donors (Lipinski definition) is 3. The molecule has 0 unspecified atom stereocenters. The Morgan fingerprint density at radius 2 is 1.80 bits per heavy atom. The molecule has 3 N–H and O–H groups in total. The fourth-order valence-electron chi connectivity index (χ4n) is 1.48. The second kappa shape index (κ2) is 3.91. The summed E-state index contributed by atoms with van der Waals surface area (Å²) in [4.78, 5) is 0. The number of hydrogen-bond acceptors (Lipinski definition) is 3. The Bertz CT molecular complexity index is 89.6. The van der Waals surface area contributed by atoms with Crippen LogP contribution in [0.25, 0.3) is 0 Å². The molecule has 0 aliphatic heterocycles. The molecule has 10 heavy (non-hydrogen) atoms. The first-order valence-electron chi connectivity index (χ1n) is 3.88. The molecule has 0 aromatic rings. The van der Waals surface area contributed by atoms with E-state index < -0.39 is 0 Å². The van der Waals surface area contributed by atoms with Crippen LogP contribution in [0.1, 0.15) is 25.7 Å². The monoisotopic (exact) mass is 145 g/mol. The Morgan fingerprint density at radius 3 is 2.30 bits per heavy atom. The van der Waals surface area contributed by atoms with Crippen LogP contribution in [0.15, 0.2) is 0 Å². The lowest BCUT2D eigenvalue weighted by Crippen LogP contribution is -2.26. The zero-order chi connectivity index (χ0) is 7.40. The van der Waals surface area contributed by atoms with Crippen molar-refractivity contribution in [3.8, 4) is 0 Å². The van der Waals surface area contributed by atoms with Crippen molar-refractivity contribution in [3.63, 3.8) is 0 Å². The number of hydroxylamine groups is 1. The molecule has 3 heteroatoms. The summed E-state index contributed by atoms with van der Waals surface area (Å²) in [6, 6.07) is 0. The fraction of sp³-hybridized carbons (Fsp3) is 1.00. The van der Waals surface area contributed by atoms with Crippen molar-refractivity contribution in [2.45, 2.75) is 31.8 Å². The molecule has 60 valence electrons. The van der Waals surface area contributed by atoms with Crippen molar-refractivity contribution >= 4 is 0 Å². The normalized spacial score (nSPS) is 34.2. The first-order valence-corrected chi connectivity index (χ1v) is 3.88. The third kappa shape index (κ3) is 2.25. The molecule has 0 aromatic heterocycles. The van der Waals surface area contributed by atoms with Crippen LogP contribution >= 0.6 is 0 Å². The lowest BCUT2D eigenvalue weighted by molar-refractivity contribution is 0.0863. The summed E-state index contributed by atoms with van der Waals surface area (Å²) in [7, 11) is 0. The quantitative estimate of drug-likeness (QED) is 0.496. The molecule has 0 heterocycles. The van der Waals surface area contributed by atoms with Gasteiger partial charge in [0.1, 0.15) is 0 Å². The smallest absolute Gasteiger partial charge is 0.0540 e. The topological polar surface area (TPSA) is 52.5 Å². The van der Waals surface area contributed by atoms with E-state index in [-0.39, 0.29) is 6.10 Å². The van der Waals surface area contributed by atoms with Crippen molar-refractivity contribution in [2.75, 3.05) is 6.54 Å². The zero-order valence-corrected chi connectivity index (χ0v) is 6.08. The van der Waals surface area contributed by atoms with Crippen molar-refractivity contribution in [3.05, 3.63) is 0 Å². The molecule has 1 aliphatic rings. The molecule has 0 bridgehead atoms. The van der Waals surface area contributed by atoms with Gasteiger partial charge in [0, 0.05) is 6.54 Å². The summed E-state index contributed by atoms with van der Waals surface area (Å²) >= 11 is 0. The highest BCUT2D eigenvalue weighted by atomic mass is 16.5. The van der Waals surface area contributed by atoms with E-state index in [0.29, 0.717) is 12.5 Å². The summed E-state index contributed by atoms with van der Waals surface area (Å²) in [5.41, 5.74) is 2.17. The number of aliphatic hydroxyl groups excluding tert-OH is 1. The molecule has 3 nitrogen and oxygen atoms in total. The second-order valence-corrected chi connectivity index (χ2v) is 3.04. The van der Waals surface area contributed by atoms with Gasteiger partial charge in [0.05, 0.1) is 6.10 Å². The molecular formula is C7H15NO2. The molecule has 0 saturated heterocycles. The van der Waals surface area contributed by atoms with Crippen molar-refractivity contribution in [1.29, 1.82) is 0 Å². The minimum atomic E-state index is -0.0880. The van der Waals surface area contributed by atoms with Gasteiger partial charge in [0.2, 0.25) is 0 Å². The van der Waals surface area contributed by atoms with Gasteiger partial charge in [-0.15, -0.1) is 0 Å². The summed E-state index contributed by atoms with van der Waals surface area (Å²) in [6.07, 6.45) is 3.78. The van der Waals surface area contributed by atoms with Gasteiger partial charge in [-0.3, -0.25) is 0 Å². The minimum Gasteiger partial charge on any atom is -0.393 e. The van der Waals surface area contributed by atoms with Gasteiger partial charge < -0.3 is 10.3 Å². The summed E-state index contributed by atoms with van der Waals surface area (Å²) in [6.45, 7) is 0.673. The molecule has 0 spiro atoms. The predicted octanol–water partition coefficient (Wildman–Crippen LogP) is 0.516. The van der Waals surface area contributed by atoms with E-state index in [1.807, 2.05) is 0 Å². The van der Waals surface area contributed by atoms with Gasteiger partial charge in [0.15, 0.2) is 0 Å². The largest absolute Gasteiger partial charge is 0.393 e. The standard InChI is InChI=1S/C7H15NO2/c9-7-3-1-6(2-4-7)5-8-10/h6-10H,1-5H2. The van der Waals surface area contributed by atoms with Crippen molar-refractivity contribution < 1.29 is 10.3 Å². The Labute approximate surface area is 61.0 Å². The van der Waals surface area contributed by atoms with Crippen LogP contribution < -0.4 is 5.48 Å². The van der Waals surface area contributed by atoms with E-state index >= 15 is 0 Å². The number of aliphatic hydroxyl groups is 1. The number of nitrogens with one attached hydrogen (secondary N) is 1. The molecule has 0 amide bonds. The van der Waals surface area contributed by atoms with Gasteiger partial charge in [0.25, 0.3) is 0 Å². The Kier molecular flexibility index (Phi) is 3.12. The van der Waals surface area contributed by atoms with Crippen LogP contribution in [0, 0.1) is 5.92 Å². The van der Waals surface area contributed by atoms with Gasteiger partial charge in [-0.2, -0.15) is 0 Å². The Balaban J connectivity index is 2.13. The minimum absolute atomic E-state index is 0.0880. The van der Waals surface area contributed by atoms with E-state index in [4.69, 9.17) is 10.3 Å². The van der Waals surface area contributed by atoms with Crippen LogP contribution in [0.2, 0.25) is 0 Å². The predicted molar refractivity (Wildman–Crippen MR) is 37.8 cm³/mol. The van der Waals surface area contributed by atoms with Crippen LogP contribution in [-0.2, 0) is 0 Å². The third-order valence-corrected chi connectivity index (χ3v) is 2.20. The summed E-state index contributed by atoms with van der Waals surface area (Å²) < 4.78 is 0. The molecule has 0 radical (unpaired) electrons. The van der Waals surface area contributed by atoms with Crippen LogP contribution in [0.5, 0.6) is 0 Å². The second-order valence-electron chi connectivity index (χ2n) is 3.04. The van der Waals surface area contributed by atoms with Gasteiger partial charge in [-0.05, 0) is 31.6 Å². The average Bonchev–Trinajstić information content (AvgIpc) is 1.95. The zero-order valence-electron chi connectivity index (χ0n) is 6.08. The molecule has 1 fully saturated rings. The van der Waals surface area contributed by atoms with E-state index in [1.54, 1.807) is 0 Å². The van der Waals surface area contributed by atoms with E-state index in [2.05, 4.69) is 5.48 Å². The maximum absolute atomic E-state index is 9.11. The first kappa shape index (κ1) is 7.98. The highest BCUT2D eigenvalue weighted by Crippen LogP contribution is 2.22. The third-order valence-electron chi connectivity index (χ3n) is 2.20. The van der Waals surface area contributed by atoms with Crippen molar-refractivity contribution in [1.82, 2.24) is 5.48 Å². The van der Waals surface area contributed by atoms with E-state index in [0.717, 1.165) is 25.7 Å². The molecule has 0 aromatic carbocycles. The lowest BCUT2D eigenvalue weighted by Gasteiger charge is -2.24. The highest BCUT2D eigenvalue weighted by molar-refractivity contribution is 4.71. The van der Waals surface area contributed by atoms with Crippen LogP contribution in [0.4, 0.5) is 0 Å². The van der Waals surface area contributed by atoms with Crippen LogP contribution in [0.3, 0.4) is 0 Å².